The molecule has 0 saturated carbocycles. The van der Waals surface area contributed by atoms with E-state index in [1.54, 1.807) is 12.0 Å². The number of benzene rings is 2. The number of H-pyrrole nitrogens is 1. The number of hydrogen-bond donors (Lipinski definition) is 2. The molecule has 0 aliphatic rings. The first-order valence-corrected chi connectivity index (χ1v) is 9.27. The van der Waals surface area contributed by atoms with E-state index in [-0.39, 0.29) is 18.4 Å². The molecule has 2 aromatic carbocycles. The Morgan fingerprint density at radius 1 is 1.07 bits per heavy atom. The molecular formula is C22H25N3O3. The minimum absolute atomic E-state index is 0.0346. The molecule has 1 heterocycles. The predicted octanol–water partition coefficient (Wildman–Crippen LogP) is 2.88. The minimum Gasteiger partial charge on any atom is -0.496 e. The lowest BCUT2D eigenvalue weighted by atomic mass is 10.1. The Morgan fingerprint density at radius 2 is 1.82 bits per heavy atom. The quantitative estimate of drug-likeness (QED) is 0.632. The summed E-state index contributed by atoms with van der Waals surface area (Å²) in [5.74, 6) is 0.415. The number of aromatic nitrogens is 1. The molecule has 0 saturated heterocycles. The SMILES string of the molecule is COc1ccccc1CNC(=O)CN(CCc1c[nH]c2ccccc12)C(C)=O. The number of aromatic amines is 1. The third-order valence-corrected chi connectivity index (χ3v) is 4.77. The summed E-state index contributed by atoms with van der Waals surface area (Å²) < 4.78 is 5.29. The molecule has 6 heteroatoms. The molecule has 0 spiro atoms. The first-order valence-electron chi connectivity index (χ1n) is 9.27. The first kappa shape index (κ1) is 19.5. The van der Waals surface area contributed by atoms with Crippen molar-refractivity contribution in [1.29, 1.82) is 0 Å². The summed E-state index contributed by atoms with van der Waals surface area (Å²) in [6, 6.07) is 15.6. The number of nitrogens with zero attached hydrogens (tertiary/aromatic N) is 1. The number of nitrogens with one attached hydrogen (secondary N) is 2. The van der Waals surface area contributed by atoms with Gasteiger partial charge in [-0.05, 0) is 24.1 Å². The molecule has 28 heavy (non-hydrogen) atoms. The number of methoxy groups -OCH3 is 1. The number of carbonyl (C=O) groups is 2. The smallest absolute Gasteiger partial charge is 0.239 e. The molecule has 0 unspecified atom stereocenters. The molecule has 2 N–H and O–H groups in total. The highest BCUT2D eigenvalue weighted by atomic mass is 16.5. The van der Waals surface area contributed by atoms with E-state index in [9.17, 15) is 9.59 Å². The zero-order valence-corrected chi connectivity index (χ0v) is 16.2. The molecule has 0 atom stereocenters. The van der Waals surface area contributed by atoms with Crippen molar-refractivity contribution in [3.05, 3.63) is 65.9 Å². The van der Waals surface area contributed by atoms with E-state index >= 15 is 0 Å². The topological polar surface area (TPSA) is 74.4 Å². The number of amides is 2. The van der Waals surface area contributed by atoms with Crippen LogP contribution in [-0.4, -0.2) is 41.9 Å². The number of rotatable bonds is 8. The van der Waals surface area contributed by atoms with E-state index in [2.05, 4.69) is 16.4 Å². The number of para-hydroxylation sites is 2. The highest BCUT2D eigenvalue weighted by Crippen LogP contribution is 2.18. The Hall–Kier alpha value is -3.28. The van der Waals surface area contributed by atoms with E-state index in [1.165, 1.54) is 6.92 Å². The van der Waals surface area contributed by atoms with Crippen LogP contribution in [0.25, 0.3) is 10.9 Å². The van der Waals surface area contributed by atoms with E-state index in [0.29, 0.717) is 19.5 Å². The molecule has 0 bridgehead atoms. The molecule has 0 radical (unpaired) electrons. The van der Waals surface area contributed by atoms with Crippen LogP contribution >= 0.6 is 0 Å². The van der Waals surface area contributed by atoms with Crippen molar-refractivity contribution in [3.63, 3.8) is 0 Å². The highest BCUT2D eigenvalue weighted by molar-refractivity contribution is 5.84. The van der Waals surface area contributed by atoms with Gasteiger partial charge in [-0.2, -0.15) is 0 Å². The molecule has 3 rings (SSSR count). The Kier molecular flexibility index (Phi) is 6.32. The van der Waals surface area contributed by atoms with E-state index in [4.69, 9.17) is 4.74 Å². The Morgan fingerprint density at radius 3 is 2.61 bits per heavy atom. The van der Waals surface area contributed by atoms with Crippen molar-refractivity contribution in [3.8, 4) is 5.75 Å². The van der Waals surface area contributed by atoms with Crippen LogP contribution < -0.4 is 10.1 Å². The molecule has 0 fully saturated rings. The monoisotopic (exact) mass is 379 g/mol. The van der Waals surface area contributed by atoms with Crippen molar-refractivity contribution in [1.82, 2.24) is 15.2 Å². The van der Waals surface area contributed by atoms with E-state index in [1.807, 2.05) is 48.7 Å². The molecule has 6 nitrogen and oxygen atoms in total. The summed E-state index contributed by atoms with van der Waals surface area (Å²) in [6.07, 6.45) is 2.65. The average molecular weight is 379 g/mol. The fourth-order valence-electron chi connectivity index (χ4n) is 3.21. The van der Waals surface area contributed by atoms with Gasteiger partial charge in [0.25, 0.3) is 0 Å². The Bertz CT molecular complexity index is 964. The molecule has 2 amide bonds. The number of hydrogen-bond acceptors (Lipinski definition) is 3. The van der Waals surface area contributed by atoms with Crippen LogP contribution in [0.5, 0.6) is 5.75 Å². The van der Waals surface area contributed by atoms with Gasteiger partial charge < -0.3 is 19.9 Å². The maximum Gasteiger partial charge on any atom is 0.239 e. The maximum absolute atomic E-state index is 12.4. The third-order valence-electron chi connectivity index (χ3n) is 4.77. The molecular weight excluding hydrogens is 354 g/mol. The van der Waals surface area contributed by atoms with Crippen molar-refractivity contribution in [2.45, 2.75) is 19.9 Å². The molecule has 146 valence electrons. The molecule has 0 aliphatic carbocycles. The van der Waals surface area contributed by atoms with Gasteiger partial charge in [0.15, 0.2) is 0 Å². The van der Waals surface area contributed by atoms with Gasteiger partial charge in [0.05, 0.1) is 13.7 Å². The van der Waals surface area contributed by atoms with E-state index < -0.39 is 0 Å². The zero-order valence-electron chi connectivity index (χ0n) is 16.2. The van der Waals surface area contributed by atoms with Crippen molar-refractivity contribution in [2.24, 2.45) is 0 Å². The number of fused-ring (bicyclic) bond motifs is 1. The Balaban J connectivity index is 1.56. The largest absolute Gasteiger partial charge is 0.496 e. The average Bonchev–Trinajstić information content (AvgIpc) is 3.12. The first-order chi connectivity index (χ1) is 13.6. The molecule has 1 aromatic heterocycles. The second-order valence-electron chi connectivity index (χ2n) is 6.64. The lowest BCUT2D eigenvalue weighted by molar-refractivity contribution is -0.134. The van der Waals surface area contributed by atoms with Crippen LogP contribution in [-0.2, 0) is 22.6 Å². The summed E-state index contributed by atoms with van der Waals surface area (Å²) >= 11 is 0. The Labute approximate surface area is 164 Å². The van der Waals surface area contributed by atoms with Gasteiger partial charge in [0.2, 0.25) is 11.8 Å². The third kappa shape index (κ3) is 4.71. The van der Waals surface area contributed by atoms with Crippen LogP contribution in [0.1, 0.15) is 18.1 Å². The van der Waals surface area contributed by atoms with Crippen LogP contribution in [0.15, 0.2) is 54.7 Å². The van der Waals surface area contributed by atoms with Crippen molar-refractivity contribution in [2.75, 3.05) is 20.2 Å². The van der Waals surface area contributed by atoms with Crippen molar-refractivity contribution >= 4 is 22.7 Å². The maximum atomic E-state index is 12.4. The molecule has 3 aromatic rings. The van der Waals surface area contributed by atoms with Gasteiger partial charge >= 0.3 is 0 Å². The predicted molar refractivity (Wildman–Crippen MR) is 109 cm³/mol. The lowest BCUT2D eigenvalue weighted by Crippen LogP contribution is -2.40. The van der Waals surface area contributed by atoms with Crippen LogP contribution in [0.3, 0.4) is 0 Å². The van der Waals surface area contributed by atoms with Gasteiger partial charge in [-0.25, -0.2) is 0 Å². The van der Waals surface area contributed by atoms with Crippen LogP contribution in [0.2, 0.25) is 0 Å². The summed E-state index contributed by atoms with van der Waals surface area (Å²) in [5, 5.41) is 4.01. The van der Waals surface area contributed by atoms with Gasteiger partial charge in [-0.1, -0.05) is 36.4 Å². The lowest BCUT2D eigenvalue weighted by Gasteiger charge is -2.20. The van der Waals surface area contributed by atoms with Gasteiger partial charge in [0, 0.05) is 42.7 Å². The second-order valence-corrected chi connectivity index (χ2v) is 6.64. The minimum atomic E-state index is -0.194. The summed E-state index contributed by atoms with van der Waals surface area (Å²) in [7, 11) is 1.60. The fraction of sp³-hybridized carbons (Fsp3) is 0.273. The standard InChI is InChI=1S/C22H25N3O3/c1-16(26)25(12-11-17-13-23-20-9-5-4-8-19(17)20)15-22(27)24-14-18-7-3-6-10-21(18)28-2/h3-10,13,23H,11-12,14-15H2,1-2H3,(H,24,27). The van der Waals surface area contributed by atoms with Gasteiger partial charge in [0.1, 0.15) is 5.75 Å². The number of ether oxygens (including phenoxy) is 1. The fourth-order valence-corrected chi connectivity index (χ4v) is 3.21. The van der Waals surface area contributed by atoms with Gasteiger partial charge in [-0.15, -0.1) is 0 Å². The zero-order chi connectivity index (χ0) is 19.9. The van der Waals surface area contributed by atoms with Crippen LogP contribution in [0, 0.1) is 0 Å². The summed E-state index contributed by atoms with van der Waals surface area (Å²) in [5.41, 5.74) is 3.10. The van der Waals surface area contributed by atoms with Crippen LogP contribution in [0.4, 0.5) is 0 Å². The second kappa shape index (κ2) is 9.08. The van der Waals surface area contributed by atoms with E-state index in [0.717, 1.165) is 27.8 Å². The normalized spacial score (nSPS) is 10.6. The van der Waals surface area contributed by atoms with Gasteiger partial charge in [-0.3, -0.25) is 9.59 Å². The highest BCUT2D eigenvalue weighted by Gasteiger charge is 2.15. The molecule has 0 aliphatic heterocycles. The van der Waals surface area contributed by atoms with Crippen molar-refractivity contribution < 1.29 is 14.3 Å². The summed E-state index contributed by atoms with van der Waals surface area (Å²) in [6.45, 7) is 2.37. The summed E-state index contributed by atoms with van der Waals surface area (Å²) in [4.78, 5) is 29.2. The number of carbonyl (C=O) groups excluding carboxylic acids is 2.